The van der Waals surface area contributed by atoms with E-state index in [9.17, 15) is 0 Å². The second kappa shape index (κ2) is 17.9. The van der Waals surface area contributed by atoms with Gasteiger partial charge in [0.25, 0.3) is 0 Å². The van der Waals surface area contributed by atoms with Crippen LogP contribution in [0.15, 0.2) is 97.1 Å². The summed E-state index contributed by atoms with van der Waals surface area (Å²) in [6.07, 6.45) is 10.0. The van der Waals surface area contributed by atoms with E-state index in [0.717, 1.165) is 16.5 Å². The van der Waals surface area contributed by atoms with E-state index in [2.05, 4.69) is 114 Å². The van der Waals surface area contributed by atoms with Crippen LogP contribution in [-0.2, 0) is 35.1 Å². The summed E-state index contributed by atoms with van der Waals surface area (Å²) >= 11 is 12.3. The van der Waals surface area contributed by atoms with E-state index in [0.29, 0.717) is 0 Å². The molecule has 0 amide bonds. The van der Waals surface area contributed by atoms with Crippen molar-refractivity contribution >= 4 is 49.0 Å². The fourth-order valence-corrected chi connectivity index (χ4v) is 5.30. The SMILES string of the molecule is Cc1cc2[cH-]c3cc(C)c(C(C)(C)C)cc3c2cc1C(C)(C)C.Clc1c[c-]ccc1.Clc1c[c-]ccc1.[C-]1=CC=CC1.[CH2]=[Zr]. The molecule has 5 aromatic carbocycles. The van der Waals surface area contributed by atoms with Crippen LogP contribution < -0.4 is 0 Å². The first kappa shape index (κ1) is 37.7. The monoisotopic (exact) mass is 696 g/mol. The Hall–Kier alpha value is -2.44. The van der Waals surface area contributed by atoms with E-state index in [4.69, 9.17) is 23.2 Å². The van der Waals surface area contributed by atoms with E-state index >= 15 is 0 Å². The van der Waals surface area contributed by atoms with Gasteiger partial charge in [0, 0.05) is 0 Å². The summed E-state index contributed by atoms with van der Waals surface area (Å²) in [7, 11) is 0. The summed E-state index contributed by atoms with van der Waals surface area (Å²) in [5.41, 5.74) is 6.06. The van der Waals surface area contributed by atoms with Gasteiger partial charge in [-0.3, -0.25) is 6.08 Å². The molecule has 0 bridgehead atoms. The van der Waals surface area contributed by atoms with Crippen molar-refractivity contribution in [1.29, 1.82) is 0 Å². The molecule has 0 saturated heterocycles. The average molecular weight is 699 g/mol. The molecule has 3 heteroatoms. The molecule has 0 aliphatic heterocycles. The van der Waals surface area contributed by atoms with E-state index in [1.54, 1.807) is 12.1 Å². The molecule has 0 radical (unpaired) electrons. The molecule has 0 fully saturated rings. The average Bonchev–Trinajstić information content (AvgIpc) is 3.65. The molecule has 0 saturated carbocycles. The van der Waals surface area contributed by atoms with Crippen LogP contribution in [0.2, 0.25) is 10.0 Å². The number of hydrogen-bond donors (Lipinski definition) is 0. The van der Waals surface area contributed by atoms with Crippen LogP contribution in [-0.4, -0.2) is 4.21 Å². The summed E-state index contributed by atoms with van der Waals surface area (Å²) < 4.78 is 3.34. The first-order chi connectivity index (χ1) is 20.8. The molecule has 0 unspecified atom stereocenters. The number of rotatable bonds is 0. The maximum absolute atomic E-state index is 5.51. The molecule has 0 nitrogen and oxygen atoms in total. The topological polar surface area (TPSA) is 0 Å². The Labute approximate surface area is 291 Å². The van der Waals surface area contributed by atoms with Crippen molar-refractivity contribution in [2.24, 2.45) is 0 Å². The van der Waals surface area contributed by atoms with Gasteiger partial charge in [-0.25, -0.2) is 12.2 Å². The Balaban J connectivity index is 0.000000258. The van der Waals surface area contributed by atoms with Gasteiger partial charge in [0.1, 0.15) is 0 Å². The zero-order valence-corrected chi connectivity index (χ0v) is 31.4. The van der Waals surface area contributed by atoms with Crippen LogP contribution in [0.3, 0.4) is 0 Å². The Kier molecular flexibility index (Phi) is 15.4. The van der Waals surface area contributed by atoms with Crippen molar-refractivity contribution in [2.75, 3.05) is 0 Å². The Morgan fingerprint density at radius 3 is 1.39 bits per heavy atom. The summed E-state index contributed by atoms with van der Waals surface area (Å²) in [5.74, 6) is 0. The molecule has 230 valence electrons. The van der Waals surface area contributed by atoms with E-state index < -0.39 is 0 Å². The molecule has 1 aliphatic carbocycles. The quantitative estimate of drug-likeness (QED) is 0.141. The molecular weight excluding hydrogens is 655 g/mol. The summed E-state index contributed by atoms with van der Waals surface area (Å²) in [4.78, 5) is 0. The summed E-state index contributed by atoms with van der Waals surface area (Å²) in [6, 6.07) is 32.0. The first-order valence-corrected chi connectivity index (χ1v) is 17.2. The van der Waals surface area contributed by atoms with E-state index in [-0.39, 0.29) is 10.8 Å². The van der Waals surface area contributed by atoms with Crippen LogP contribution in [0, 0.1) is 32.1 Å². The van der Waals surface area contributed by atoms with Crippen LogP contribution >= 0.6 is 23.2 Å². The molecule has 1 aliphatic rings. The fraction of sp³-hybridized carbons (Fsp3) is 0.268. The summed E-state index contributed by atoms with van der Waals surface area (Å²) in [5, 5.41) is 7.03. The predicted octanol–water partition coefficient (Wildman–Crippen LogP) is 12.5. The molecule has 0 spiro atoms. The van der Waals surface area contributed by atoms with Crippen molar-refractivity contribution in [3.8, 4) is 0 Å². The van der Waals surface area contributed by atoms with Gasteiger partial charge in [0.2, 0.25) is 0 Å². The standard InChI is InChI=1S/C23H29.2C6H4Cl.C5H5.CH2.Zr/c1-14-9-16-11-17-10-15(2)21(23(6,7)8)13-19(17)18(16)12-20(14)22(3,4)5;2*7-6-4-2-1-3-5-6;1-2-4-5-3-1;;/h9-13H,1-8H3;2*1-2,4-5H;1-3H,4H2;1H2;/q4*-1;;. The molecule has 6 rings (SSSR count). The molecule has 0 aromatic heterocycles. The van der Waals surface area contributed by atoms with Gasteiger partial charge in [-0.1, -0.05) is 86.0 Å². The molecule has 5 aromatic rings. The van der Waals surface area contributed by atoms with Gasteiger partial charge in [-0.15, -0.1) is 46.2 Å². The zero-order chi connectivity index (χ0) is 32.9. The van der Waals surface area contributed by atoms with Gasteiger partial charge in [0.05, 0.1) is 0 Å². The summed E-state index contributed by atoms with van der Waals surface area (Å²) in [6.45, 7) is 18.3. The third kappa shape index (κ3) is 11.8. The minimum absolute atomic E-state index is 0.180. The molecule has 0 heterocycles. The van der Waals surface area contributed by atoms with Crippen molar-refractivity contribution in [1.82, 2.24) is 0 Å². The fourth-order valence-electron chi connectivity index (χ4n) is 5.03. The molecule has 44 heavy (non-hydrogen) atoms. The normalized spacial score (nSPS) is 11.8. The first-order valence-electron chi connectivity index (χ1n) is 14.7. The van der Waals surface area contributed by atoms with Crippen LogP contribution in [0.25, 0.3) is 21.5 Å². The third-order valence-electron chi connectivity index (χ3n) is 6.93. The third-order valence-corrected chi connectivity index (χ3v) is 7.40. The van der Waals surface area contributed by atoms with Crippen molar-refractivity contribution in [3.05, 3.63) is 148 Å². The molecular formula is C41H44Cl2Zr-4. The minimum atomic E-state index is 0.180. The van der Waals surface area contributed by atoms with Crippen LogP contribution in [0.1, 0.15) is 70.2 Å². The van der Waals surface area contributed by atoms with Crippen molar-refractivity contribution < 1.29 is 24.2 Å². The van der Waals surface area contributed by atoms with E-state index in [1.807, 2.05) is 48.6 Å². The number of halogens is 2. The van der Waals surface area contributed by atoms with Gasteiger partial charge in [-0.2, -0.15) is 89.9 Å². The molecule has 0 N–H and O–H groups in total. The number of benzene rings is 4. The number of fused-ring (bicyclic) bond motifs is 3. The Morgan fingerprint density at radius 1 is 0.727 bits per heavy atom. The number of allylic oxidation sites excluding steroid dienone is 4. The van der Waals surface area contributed by atoms with Crippen molar-refractivity contribution in [3.63, 3.8) is 0 Å². The Morgan fingerprint density at radius 2 is 1.16 bits per heavy atom. The number of aryl methyl sites for hydroxylation is 2. The zero-order valence-electron chi connectivity index (χ0n) is 27.4. The van der Waals surface area contributed by atoms with Crippen LogP contribution in [0.5, 0.6) is 0 Å². The van der Waals surface area contributed by atoms with E-state index in [1.165, 1.54) is 68.0 Å². The number of hydrogen-bond acceptors (Lipinski definition) is 0. The van der Waals surface area contributed by atoms with Gasteiger partial charge in [0.15, 0.2) is 0 Å². The van der Waals surface area contributed by atoms with Crippen LogP contribution in [0.4, 0.5) is 0 Å². The van der Waals surface area contributed by atoms with Gasteiger partial charge in [-0.05, 0) is 24.7 Å². The van der Waals surface area contributed by atoms with Crippen molar-refractivity contribution in [2.45, 2.75) is 72.6 Å². The second-order valence-corrected chi connectivity index (χ2v) is 13.5. The second-order valence-electron chi connectivity index (χ2n) is 12.6. The van der Waals surface area contributed by atoms with Gasteiger partial charge < -0.3 is 0 Å². The maximum atomic E-state index is 5.51. The van der Waals surface area contributed by atoms with Gasteiger partial charge >= 0.3 is 28.4 Å². The predicted molar refractivity (Wildman–Crippen MR) is 193 cm³/mol. The molecule has 0 atom stereocenters. The Bertz CT molecular complexity index is 1520.